The maximum absolute atomic E-state index is 13.3. The predicted molar refractivity (Wildman–Crippen MR) is 71.4 cm³/mol. The van der Waals surface area contributed by atoms with Crippen molar-refractivity contribution < 1.29 is 9.13 Å². The van der Waals surface area contributed by atoms with Crippen molar-refractivity contribution in [1.82, 2.24) is 14.9 Å². The SMILES string of the molecule is CNC(C)c1cc(F)ccc1OCc1cncn1C. The van der Waals surface area contributed by atoms with Crippen molar-refractivity contribution in [3.05, 3.63) is 47.8 Å². The summed E-state index contributed by atoms with van der Waals surface area (Å²) in [6.45, 7) is 2.37. The zero-order valence-electron chi connectivity index (χ0n) is 11.4. The monoisotopic (exact) mass is 263 g/mol. The van der Waals surface area contributed by atoms with E-state index in [4.69, 9.17) is 4.74 Å². The van der Waals surface area contributed by atoms with E-state index in [-0.39, 0.29) is 11.9 Å². The van der Waals surface area contributed by atoms with E-state index in [9.17, 15) is 4.39 Å². The number of hydrogen-bond donors (Lipinski definition) is 1. The third kappa shape index (κ3) is 3.12. The second kappa shape index (κ2) is 5.84. The third-order valence-corrected chi connectivity index (χ3v) is 3.16. The molecule has 1 aromatic heterocycles. The number of imidazole rings is 1. The van der Waals surface area contributed by atoms with Gasteiger partial charge in [-0.2, -0.15) is 0 Å². The Morgan fingerprint density at radius 2 is 2.26 bits per heavy atom. The fourth-order valence-electron chi connectivity index (χ4n) is 1.82. The van der Waals surface area contributed by atoms with Gasteiger partial charge in [0, 0.05) is 18.7 Å². The molecule has 19 heavy (non-hydrogen) atoms. The number of aryl methyl sites for hydroxylation is 1. The lowest BCUT2D eigenvalue weighted by Crippen LogP contribution is -2.14. The van der Waals surface area contributed by atoms with E-state index in [0.717, 1.165) is 11.3 Å². The zero-order chi connectivity index (χ0) is 13.8. The number of ether oxygens (including phenoxy) is 1. The molecule has 0 aliphatic rings. The Morgan fingerprint density at radius 3 is 2.89 bits per heavy atom. The Balaban J connectivity index is 2.18. The molecule has 0 radical (unpaired) electrons. The fourth-order valence-corrected chi connectivity index (χ4v) is 1.82. The highest BCUT2D eigenvalue weighted by atomic mass is 19.1. The minimum absolute atomic E-state index is 0.0252. The van der Waals surface area contributed by atoms with Crippen molar-refractivity contribution in [2.24, 2.45) is 7.05 Å². The highest BCUT2D eigenvalue weighted by Gasteiger charge is 2.12. The summed E-state index contributed by atoms with van der Waals surface area (Å²) in [5.74, 6) is 0.425. The van der Waals surface area contributed by atoms with Crippen LogP contribution in [-0.4, -0.2) is 16.6 Å². The molecule has 0 amide bonds. The lowest BCUT2D eigenvalue weighted by molar-refractivity contribution is 0.291. The maximum atomic E-state index is 13.3. The average molecular weight is 263 g/mol. The van der Waals surface area contributed by atoms with E-state index < -0.39 is 0 Å². The minimum atomic E-state index is -0.259. The van der Waals surface area contributed by atoms with Crippen molar-refractivity contribution in [3.63, 3.8) is 0 Å². The second-order valence-electron chi connectivity index (χ2n) is 4.48. The molecule has 0 bridgehead atoms. The smallest absolute Gasteiger partial charge is 0.130 e. The highest BCUT2D eigenvalue weighted by Crippen LogP contribution is 2.26. The molecule has 1 atom stereocenters. The summed E-state index contributed by atoms with van der Waals surface area (Å²) < 4.78 is 21.0. The summed E-state index contributed by atoms with van der Waals surface area (Å²) in [4.78, 5) is 4.03. The van der Waals surface area contributed by atoms with Crippen LogP contribution in [-0.2, 0) is 13.7 Å². The van der Waals surface area contributed by atoms with Crippen molar-refractivity contribution in [2.45, 2.75) is 19.6 Å². The normalized spacial score (nSPS) is 12.4. The van der Waals surface area contributed by atoms with Crippen LogP contribution in [0.5, 0.6) is 5.75 Å². The topological polar surface area (TPSA) is 39.1 Å². The molecule has 5 heteroatoms. The van der Waals surface area contributed by atoms with Crippen LogP contribution in [0, 0.1) is 5.82 Å². The van der Waals surface area contributed by atoms with Gasteiger partial charge in [0.25, 0.3) is 0 Å². The summed E-state index contributed by atoms with van der Waals surface area (Å²) in [5.41, 5.74) is 1.78. The Kier molecular flexibility index (Phi) is 4.16. The summed E-state index contributed by atoms with van der Waals surface area (Å²) in [6.07, 6.45) is 3.48. The zero-order valence-corrected chi connectivity index (χ0v) is 11.4. The van der Waals surface area contributed by atoms with Gasteiger partial charge in [0.05, 0.1) is 18.2 Å². The molecule has 0 saturated heterocycles. The number of halogens is 1. The minimum Gasteiger partial charge on any atom is -0.487 e. The maximum Gasteiger partial charge on any atom is 0.130 e. The molecule has 0 aliphatic carbocycles. The van der Waals surface area contributed by atoms with Gasteiger partial charge in [-0.1, -0.05) is 0 Å². The van der Waals surface area contributed by atoms with Crippen LogP contribution in [0.1, 0.15) is 24.2 Å². The molecular formula is C14H18FN3O. The Labute approximate surface area is 112 Å². The van der Waals surface area contributed by atoms with Gasteiger partial charge in [-0.15, -0.1) is 0 Å². The van der Waals surface area contributed by atoms with Crippen molar-refractivity contribution in [2.75, 3.05) is 7.05 Å². The molecule has 0 aliphatic heterocycles. The quantitative estimate of drug-likeness (QED) is 0.900. The van der Waals surface area contributed by atoms with Crippen LogP contribution in [0.4, 0.5) is 4.39 Å². The molecule has 1 unspecified atom stereocenters. The van der Waals surface area contributed by atoms with Crippen LogP contribution in [0.15, 0.2) is 30.7 Å². The Morgan fingerprint density at radius 1 is 1.47 bits per heavy atom. The highest BCUT2D eigenvalue weighted by molar-refractivity contribution is 5.36. The van der Waals surface area contributed by atoms with Crippen LogP contribution in [0.2, 0.25) is 0 Å². The molecule has 0 saturated carbocycles. The predicted octanol–water partition coefficient (Wildman–Crippen LogP) is 2.42. The second-order valence-corrected chi connectivity index (χ2v) is 4.48. The first-order valence-electron chi connectivity index (χ1n) is 6.16. The lowest BCUT2D eigenvalue weighted by Gasteiger charge is -2.16. The molecule has 4 nitrogen and oxygen atoms in total. The number of aromatic nitrogens is 2. The van der Waals surface area contributed by atoms with Crippen LogP contribution in [0.25, 0.3) is 0 Å². The summed E-state index contributed by atoms with van der Waals surface area (Å²) >= 11 is 0. The number of hydrogen-bond acceptors (Lipinski definition) is 3. The largest absolute Gasteiger partial charge is 0.487 e. The first kappa shape index (κ1) is 13.5. The fraction of sp³-hybridized carbons (Fsp3) is 0.357. The molecule has 102 valence electrons. The number of nitrogens with zero attached hydrogens (tertiary/aromatic N) is 2. The van der Waals surface area contributed by atoms with E-state index in [1.165, 1.54) is 12.1 Å². The molecule has 1 N–H and O–H groups in total. The van der Waals surface area contributed by atoms with Gasteiger partial charge >= 0.3 is 0 Å². The lowest BCUT2D eigenvalue weighted by atomic mass is 10.1. The molecular weight excluding hydrogens is 245 g/mol. The standard InChI is InChI=1S/C14H18FN3O/c1-10(16-2)13-6-11(15)4-5-14(13)19-8-12-7-17-9-18(12)3/h4-7,9-10,16H,8H2,1-3H3. The van der Waals surface area contributed by atoms with Crippen molar-refractivity contribution in [3.8, 4) is 5.75 Å². The Hall–Kier alpha value is -1.88. The van der Waals surface area contributed by atoms with E-state index in [2.05, 4.69) is 10.3 Å². The molecule has 1 heterocycles. The molecule has 1 aromatic carbocycles. The molecule has 0 spiro atoms. The third-order valence-electron chi connectivity index (χ3n) is 3.16. The average Bonchev–Trinajstić information content (AvgIpc) is 2.82. The van der Waals surface area contributed by atoms with E-state index >= 15 is 0 Å². The van der Waals surface area contributed by atoms with Crippen molar-refractivity contribution >= 4 is 0 Å². The van der Waals surface area contributed by atoms with Crippen LogP contribution >= 0.6 is 0 Å². The van der Waals surface area contributed by atoms with Gasteiger partial charge in [-0.05, 0) is 32.2 Å². The van der Waals surface area contributed by atoms with Gasteiger partial charge in [-0.25, -0.2) is 9.37 Å². The van der Waals surface area contributed by atoms with E-state index in [0.29, 0.717) is 12.4 Å². The van der Waals surface area contributed by atoms with Gasteiger partial charge in [0.15, 0.2) is 0 Å². The Bertz CT molecular complexity index is 553. The number of benzene rings is 1. The van der Waals surface area contributed by atoms with Crippen LogP contribution < -0.4 is 10.1 Å². The molecule has 2 rings (SSSR count). The van der Waals surface area contributed by atoms with E-state index in [1.807, 2.05) is 25.6 Å². The van der Waals surface area contributed by atoms with Gasteiger partial charge in [0.1, 0.15) is 18.2 Å². The number of nitrogens with one attached hydrogen (secondary N) is 1. The van der Waals surface area contributed by atoms with Crippen molar-refractivity contribution in [1.29, 1.82) is 0 Å². The summed E-state index contributed by atoms with van der Waals surface area (Å²) in [7, 11) is 3.74. The molecule has 2 aromatic rings. The van der Waals surface area contributed by atoms with E-state index in [1.54, 1.807) is 18.6 Å². The molecule has 0 fully saturated rings. The van der Waals surface area contributed by atoms with Crippen LogP contribution in [0.3, 0.4) is 0 Å². The number of rotatable bonds is 5. The first-order valence-corrected chi connectivity index (χ1v) is 6.16. The van der Waals surface area contributed by atoms with Gasteiger partial charge in [0.2, 0.25) is 0 Å². The van der Waals surface area contributed by atoms with Gasteiger partial charge < -0.3 is 14.6 Å². The summed E-state index contributed by atoms with van der Waals surface area (Å²) in [5, 5.41) is 3.09. The van der Waals surface area contributed by atoms with Gasteiger partial charge in [-0.3, -0.25) is 0 Å². The first-order chi connectivity index (χ1) is 9.11. The summed E-state index contributed by atoms with van der Waals surface area (Å²) in [6, 6.07) is 4.59.